The normalized spacial score (nSPS) is 11.3. The summed E-state index contributed by atoms with van der Waals surface area (Å²) in [4.78, 5) is 24.6. The largest absolute Gasteiger partial charge is 0.467 e. The Hall–Kier alpha value is -2.84. The van der Waals surface area contributed by atoms with Crippen molar-refractivity contribution in [1.29, 1.82) is 5.26 Å². The van der Waals surface area contributed by atoms with Crippen molar-refractivity contribution in [1.82, 2.24) is 5.32 Å². The number of nitriles is 1. The number of nitrogens with zero attached hydrogens (tertiary/aromatic N) is 1. The summed E-state index contributed by atoms with van der Waals surface area (Å²) in [5, 5.41) is 12.0. The highest BCUT2D eigenvalue weighted by Crippen LogP contribution is 2.15. The van der Waals surface area contributed by atoms with Crippen molar-refractivity contribution >= 4 is 23.5 Å². The number of methoxy groups -OCH3 is 1. The van der Waals surface area contributed by atoms with E-state index in [-0.39, 0.29) is 12.3 Å². The van der Waals surface area contributed by atoms with Crippen molar-refractivity contribution in [3.63, 3.8) is 0 Å². The Kier molecular flexibility index (Phi) is 7.19. The maximum absolute atomic E-state index is 12.4. The van der Waals surface area contributed by atoms with E-state index in [9.17, 15) is 9.59 Å². The zero-order chi connectivity index (χ0) is 18.9. The van der Waals surface area contributed by atoms with Crippen molar-refractivity contribution in [3.8, 4) is 6.07 Å². The van der Waals surface area contributed by atoms with Crippen LogP contribution in [-0.2, 0) is 22.4 Å². The maximum Gasteiger partial charge on any atom is 0.328 e. The highest BCUT2D eigenvalue weighted by Gasteiger charge is 2.23. The first-order chi connectivity index (χ1) is 12.5. The fourth-order valence-corrected chi connectivity index (χ4v) is 2.72. The molecule has 0 radical (unpaired) electrons. The summed E-state index contributed by atoms with van der Waals surface area (Å²) in [5.41, 5.74) is 2.28. The van der Waals surface area contributed by atoms with Crippen LogP contribution in [0.4, 0.5) is 0 Å². The third kappa shape index (κ3) is 5.33. The highest BCUT2D eigenvalue weighted by molar-refractivity contribution is 6.30. The monoisotopic (exact) mass is 370 g/mol. The molecule has 2 aromatic carbocycles. The third-order valence-electron chi connectivity index (χ3n) is 3.95. The molecule has 6 heteroatoms. The second-order valence-electron chi connectivity index (χ2n) is 5.69. The number of halogens is 1. The molecule has 1 atom stereocenters. The fraction of sp³-hybridized carbons (Fsp3) is 0.250. The highest BCUT2D eigenvalue weighted by atomic mass is 35.5. The SMILES string of the molecule is COC(=O)[C@H](Cc1ccccc1CCC#N)NC(=O)c1ccc(Cl)cc1. The lowest BCUT2D eigenvalue weighted by Crippen LogP contribution is -2.43. The number of rotatable bonds is 7. The van der Waals surface area contributed by atoms with Gasteiger partial charge >= 0.3 is 5.97 Å². The quantitative estimate of drug-likeness (QED) is 0.758. The van der Waals surface area contributed by atoms with E-state index >= 15 is 0 Å². The van der Waals surface area contributed by atoms with Crippen molar-refractivity contribution in [3.05, 3.63) is 70.2 Å². The molecule has 0 bridgehead atoms. The van der Waals surface area contributed by atoms with Crippen LogP contribution in [0.5, 0.6) is 0 Å². The van der Waals surface area contributed by atoms with Crippen LogP contribution in [0.15, 0.2) is 48.5 Å². The third-order valence-corrected chi connectivity index (χ3v) is 4.20. The maximum atomic E-state index is 12.4. The summed E-state index contributed by atoms with van der Waals surface area (Å²) in [6.07, 6.45) is 1.26. The van der Waals surface area contributed by atoms with Crippen LogP contribution in [0, 0.1) is 11.3 Å². The molecular weight excluding hydrogens is 352 g/mol. The van der Waals surface area contributed by atoms with Gasteiger partial charge in [-0.05, 0) is 41.8 Å². The molecule has 1 N–H and O–H groups in total. The molecule has 2 aromatic rings. The van der Waals surface area contributed by atoms with Gasteiger partial charge in [-0.3, -0.25) is 4.79 Å². The van der Waals surface area contributed by atoms with Gasteiger partial charge in [0, 0.05) is 23.4 Å². The Morgan fingerprint density at radius 2 is 1.81 bits per heavy atom. The smallest absolute Gasteiger partial charge is 0.328 e. The minimum absolute atomic E-state index is 0.285. The van der Waals surface area contributed by atoms with Crippen molar-refractivity contribution in [2.45, 2.75) is 25.3 Å². The average molecular weight is 371 g/mol. The van der Waals surface area contributed by atoms with Crippen molar-refractivity contribution in [2.24, 2.45) is 0 Å². The summed E-state index contributed by atoms with van der Waals surface area (Å²) in [6.45, 7) is 0. The zero-order valence-electron chi connectivity index (χ0n) is 14.4. The Labute approximate surface area is 157 Å². The van der Waals surface area contributed by atoms with Gasteiger partial charge in [0.25, 0.3) is 5.91 Å². The van der Waals surface area contributed by atoms with Gasteiger partial charge < -0.3 is 10.1 Å². The molecule has 0 aromatic heterocycles. The van der Waals surface area contributed by atoms with Gasteiger partial charge in [-0.15, -0.1) is 0 Å². The number of hydrogen-bond donors (Lipinski definition) is 1. The summed E-state index contributed by atoms with van der Waals surface area (Å²) in [7, 11) is 1.28. The van der Waals surface area contributed by atoms with Crippen LogP contribution in [0.2, 0.25) is 5.02 Å². The van der Waals surface area contributed by atoms with E-state index in [1.807, 2.05) is 24.3 Å². The molecule has 0 heterocycles. The van der Waals surface area contributed by atoms with Crippen LogP contribution in [0.3, 0.4) is 0 Å². The predicted molar refractivity (Wildman–Crippen MR) is 98.8 cm³/mol. The number of benzene rings is 2. The second-order valence-corrected chi connectivity index (χ2v) is 6.12. The molecule has 0 saturated carbocycles. The average Bonchev–Trinajstić information content (AvgIpc) is 2.66. The molecule has 0 aliphatic carbocycles. The van der Waals surface area contributed by atoms with Gasteiger partial charge in [0.1, 0.15) is 6.04 Å². The molecule has 0 unspecified atom stereocenters. The van der Waals surface area contributed by atoms with E-state index in [4.69, 9.17) is 21.6 Å². The fourth-order valence-electron chi connectivity index (χ4n) is 2.59. The predicted octanol–water partition coefficient (Wildman–Crippen LogP) is 3.31. The Balaban J connectivity index is 2.18. The Morgan fingerprint density at radius 3 is 2.42 bits per heavy atom. The van der Waals surface area contributed by atoms with Crippen molar-refractivity contribution < 1.29 is 14.3 Å². The first-order valence-corrected chi connectivity index (χ1v) is 8.51. The van der Waals surface area contributed by atoms with Gasteiger partial charge in [0.05, 0.1) is 13.2 Å². The van der Waals surface area contributed by atoms with Gasteiger partial charge in [-0.25, -0.2) is 4.79 Å². The second kappa shape index (κ2) is 9.59. The van der Waals surface area contributed by atoms with E-state index < -0.39 is 12.0 Å². The van der Waals surface area contributed by atoms with E-state index in [2.05, 4.69) is 11.4 Å². The molecule has 0 aliphatic heterocycles. The number of ether oxygens (including phenoxy) is 1. The molecule has 2 rings (SSSR count). The zero-order valence-corrected chi connectivity index (χ0v) is 15.1. The topological polar surface area (TPSA) is 79.2 Å². The Morgan fingerprint density at radius 1 is 1.15 bits per heavy atom. The molecule has 1 amide bonds. The standard InChI is InChI=1S/C20H19ClN2O3/c1-26-20(25)18(23-19(24)15-8-10-17(21)11-9-15)13-16-6-3-2-5-14(16)7-4-12-22/h2-3,5-6,8-11,18H,4,7,13H2,1H3,(H,23,24)/t18-/m0/s1. The van der Waals surface area contributed by atoms with Crippen molar-refractivity contribution in [2.75, 3.05) is 7.11 Å². The van der Waals surface area contributed by atoms with Gasteiger partial charge in [-0.2, -0.15) is 5.26 Å². The van der Waals surface area contributed by atoms with Crippen LogP contribution in [0.25, 0.3) is 0 Å². The van der Waals surface area contributed by atoms with Crippen LogP contribution >= 0.6 is 11.6 Å². The lowest BCUT2D eigenvalue weighted by molar-refractivity contribution is -0.142. The van der Waals surface area contributed by atoms with E-state index in [0.717, 1.165) is 11.1 Å². The lowest BCUT2D eigenvalue weighted by Gasteiger charge is -2.18. The molecule has 134 valence electrons. The first kappa shape index (κ1) is 19.5. The van der Waals surface area contributed by atoms with Crippen LogP contribution in [0.1, 0.15) is 27.9 Å². The number of amides is 1. The van der Waals surface area contributed by atoms with Crippen LogP contribution in [-0.4, -0.2) is 25.0 Å². The number of carbonyl (C=O) groups excluding carboxylic acids is 2. The van der Waals surface area contributed by atoms with E-state index in [1.165, 1.54) is 7.11 Å². The number of carbonyl (C=O) groups is 2. The van der Waals surface area contributed by atoms with Gasteiger partial charge in [0.15, 0.2) is 0 Å². The molecule has 0 saturated heterocycles. The molecule has 0 fully saturated rings. The number of esters is 1. The molecule has 26 heavy (non-hydrogen) atoms. The first-order valence-electron chi connectivity index (χ1n) is 8.13. The molecule has 0 spiro atoms. The summed E-state index contributed by atoms with van der Waals surface area (Å²) in [5.74, 6) is -0.908. The molecule has 0 aliphatic rings. The number of hydrogen-bond acceptors (Lipinski definition) is 4. The number of aryl methyl sites for hydroxylation is 1. The van der Waals surface area contributed by atoms with Gasteiger partial charge in [-0.1, -0.05) is 35.9 Å². The summed E-state index contributed by atoms with van der Waals surface area (Å²) >= 11 is 5.83. The summed E-state index contributed by atoms with van der Waals surface area (Å²) in [6, 6.07) is 15.2. The number of nitrogens with one attached hydrogen (secondary N) is 1. The minimum atomic E-state index is -0.827. The van der Waals surface area contributed by atoms with E-state index in [0.29, 0.717) is 23.4 Å². The molecule has 5 nitrogen and oxygen atoms in total. The lowest BCUT2D eigenvalue weighted by atomic mass is 9.97. The van der Waals surface area contributed by atoms with Gasteiger partial charge in [0.2, 0.25) is 0 Å². The van der Waals surface area contributed by atoms with Crippen LogP contribution < -0.4 is 5.32 Å². The van der Waals surface area contributed by atoms with E-state index in [1.54, 1.807) is 24.3 Å². The minimum Gasteiger partial charge on any atom is -0.467 e. The summed E-state index contributed by atoms with van der Waals surface area (Å²) < 4.78 is 4.83. The molecular formula is C20H19ClN2O3. The Bertz CT molecular complexity index is 813.